The third-order valence-corrected chi connectivity index (χ3v) is 2.90. The maximum Gasteiger partial charge on any atom is 0.401 e. The summed E-state index contributed by atoms with van der Waals surface area (Å²) in [4.78, 5) is 12.5. The zero-order valence-electron chi connectivity index (χ0n) is 9.56. The molecule has 17 heavy (non-hydrogen) atoms. The molecule has 0 saturated carbocycles. The SMILES string of the molecule is CC(Cl)C(=O)NCC1CCN(CC(F)(F)F)C1. The van der Waals surface area contributed by atoms with E-state index in [2.05, 4.69) is 5.32 Å². The number of likely N-dealkylation sites (tertiary alicyclic amines) is 1. The molecule has 0 aromatic heterocycles. The van der Waals surface area contributed by atoms with Gasteiger partial charge in [-0.15, -0.1) is 11.6 Å². The van der Waals surface area contributed by atoms with Crippen LogP contribution in [0.1, 0.15) is 13.3 Å². The Balaban J connectivity index is 2.24. The lowest BCUT2D eigenvalue weighted by Crippen LogP contribution is -2.36. The van der Waals surface area contributed by atoms with Gasteiger partial charge in [0.2, 0.25) is 5.91 Å². The summed E-state index contributed by atoms with van der Waals surface area (Å²) < 4.78 is 36.4. The lowest BCUT2D eigenvalue weighted by molar-refractivity contribution is -0.143. The second kappa shape index (κ2) is 5.91. The van der Waals surface area contributed by atoms with Gasteiger partial charge in [0.1, 0.15) is 5.38 Å². The van der Waals surface area contributed by atoms with E-state index in [0.717, 1.165) is 0 Å². The van der Waals surface area contributed by atoms with Crippen LogP contribution in [0.5, 0.6) is 0 Å². The highest BCUT2D eigenvalue weighted by Gasteiger charge is 2.34. The van der Waals surface area contributed by atoms with E-state index in [1.807, 2.05) is 0 Å². The van der Waals surface area contributed by atoms with Crippen LogP contribution in [0, 0.1) is 5.92 Å². The molecule has 100 valence electrons. The molecule has 0 aromatic carbocycles. The molecule has 1 aliphatic rings. The van der Waals surface area contributed by atoms with Gasteiger partial charge in [-0.25, -0.2) is 0 Å². The lowest BCUT2D eigenvalue weighted by Gasteiger charge is -2.18. The van der Waals surface area contributed by atoms with Gasteiger partial charge in [-0.05, 0) is 25.8 Å². The number of rotatable bonds is 4. The molecule has 3 nitrogen and oxygen atoms in total. The Morgan fingerprint density at radius 2 is 2.24 bits per heavy atom. The minimum atomic E-state index is -4.15. The third-order valence-electron chi connectivity index (χ3n) is 2.70. The molecule has 0 bridgehead atoms. The Hall–Kier alpha value is -0.490. The van der Waals surface area contributed by atoms with E-state index < -0.39 is 18.1 Å². The second-order valence-electron chi connectivity index (χ2n) is 4.37. The number of nitrogens with one attached hydrogen (secondary N) is 1. The molecule has 1 aliphatic heterocycles. The number of hydrogen-bond donors (Lipinski definition) is 1. The molecule has 0 radical (unpaired) electrons. The normalized spacial score (nSPS) is 23.7. The maximum atomic E-state index is 12.1. The van der Waals surface area contributed by atoms with Gasteiger partial charge in [-0.1, -0.05) is 0 Å². The fourth-order valence-corrected chi connectivity index (χ4v) is 1.94. The average molecular weight is 273 g/mol. The summed E-state index contributed by atoms with van der Waals surface area (Å²) >= 11 is 5.56. The zero-order chi connectivity index (χ0) is 13.1. The van der Waals surface area contributed by atoms with Crippen LogP contribution in [0.25, 0.3) is 0 Å². The van der Waals surface area contributed by atoms with Gasteiger partial charge in [0, 0.05) is 13.1 Å². The summed E-state index contributed by atoms with van der Waals surface area (Å²) in [6.45, 7) is 1.88. The van der Waals surface area contributed by atoms with E-state index in [-0.39, 0.29) is 11.8 Å². The first-order valence-corrected chi connectivity index (χ1v) is 5.92. The van der Waals surface area contributed by atoms with E-state index >= 15 is 0 Å². The first-order chi connectivity index (χ1) is 7.78. The van der Waals surface area contributed by atoms with Crippen molar-refractivity contribution in [3.05, 3.63) is 0 Å². The van der Waals surface area contributed by atoms with Crippen molar-refractivity contribution >= 4 is 17.5 Å². The van der Waals surface area contributed by atoms with Crippen LogP contribution in [0.2, 0.25) is 0 Å². The van der Waals surface area contributed by atoms with Gasteiger partial charge in [-0.3, -0.25) is 9.69 Å². The Morgan fingerprint density at radius 1 is 1.59 bits per heavy atom. The topological polar surface area (TPSA) is 32.3 Å². The largest absolute Gasteiger partial charge is 0.401 e. The van der Waals surface area contributed by atoms with Gasteiger partial charge in [-0.2, -0.15) is 13.2 Å². The molecule has 1 rings (SSSR count). The standard InChI is InChI=1S/C10H16ClF3N2O/c1-7(11)9(17)15-4-8-2-3-16(5-8)6-10(12,13)14/h7-8H,2-6H2,1H3,(H,15,17). The zero-order valence-corrected chi connectivity index (χ0v) is 10.3. The van der Waals surface area contributed by atoms with E-state index in [1.54, 1.807) is 6.92 Å². The molecule has 1 amide bonds. The summed E-state index contributed by atoms with van der Waals surface area (Å²) in [5.41, 5.74) is 0. The average Bonchev–Trinajstić information content (AvgIpc) is 2.59. The van der Waals surface area contributed by atoms with E-state index in [0.29, 0.717) is 26.1 Å². The summed E-state index contributed by atoms with van der Waals surface area (Å²) in [5.74, 6) is -0.197. The molecule has 0 aromatic rings. The minimum Gasteiger partial charge on any atom is -0.355 e. The summed E-state index contributed by atoms with van der Waals surface area (Å²) in [6.07, 6.45) is -3.48. The quantitative estimate of drug-likeness (QED) is 0.789. The Labute approximate surface area is 103 Å². The number of alkyl halides is 4. The molecule has 1 N–H and O–H groups in total. The highest BCUT2D eigenvalue weighted by Crippen LogP contribution is 2.22. The van der Waals surface area contributed by atoms with Crippen LogP contribution in [0.15, 0.2) is 0 Å². The van der Waals surface area contributed by atoms with Crippen molar-refractivity contribution in [3.63, 3.8) is 0 Å². The molecule has 0 aliphatic carbocycles. The van der Waals surface area contributed by atoms with Gasteiger partial charge >= 0.3 is 6.18 Å². The van der Waals surface area contributed by atoms with Gasteiger partial charge < -0.3 is 5.32 Å². The predicted molar refractivity (Wildman–Crippen MR) is 58.9 cm³/mol. The van der Waals surface area contributed by atoms with Gasteiger partial charge in [0.05, 0.1) is 6.54 Å². The molecule has 2 unspecified atom stereocenters. The first-order valence-electron chi connectivity index (χ1n) is 5.49. The minimum absolute atomic E-state index is 0.0803. The van der Waals surface area contributed by atoms with Gasteiger partial charge in [0.25, 0.3) is 0 Å². The van der Waals surface area contributed by atoms with Crippen molar-refractivity contribution < 1.29 is 18.0 Å². The Kier molecular flexibility index (Phi) is 5.06. The molecular weight excluding hydrogens is 257 g/mol. The van der Waals surface area contributed by atoms with Crippen molar-refractivity contribution in [2.24, 2.45) is 5.92 Å². The molecule has 1 heterocycles. The third kappa shape index (κ3) is 5.59. The van der Waals surface area contributed by atoms with Crippen molar-refractivity contribution in [2.45, 2.75) is 24.9 Å². The van der Waals surface area contributed by atoms with Crippen LogP contribution >= 0.6 is 11.6 Å². The number of carbonyl (C=O) groups is 1. The molecule has 7 heteroatoms. The van der Waals surface area contributed by atoms with E-state index in [4.69, 9.17) is 11.6 Å². The Bertz CT molecular complexity index is 271. The molecule has 2 atom stereocenters. The van der Waals surface area contributed by atoms with Crippen molar-refractivity contribution in [1.29, 1.82) is 0 Å². The molecule has 1 fully saturated rings. The maximum absolute atomic E-state index is 12.1. The first kappa shape index (κ1) is 14.6. The monoisotopic (exact) mass is 272 g/mol. The molecular formula is C10H16ClF3N2O. The number of halogens is 4. The fraction of sp³-hybridized carbons (Fsp3) is 0.900. The highest BCUT2D eigenvalue weighted by atomic mass is 35.5. The van der Waals surface area contributed by atoms with Crippen molar-refractivity contribution in [2.75, 3.05) is 26.2 Å². The van der Waals surface area contributed by atoms with E-state index in [1.165, 1.54) is 4.90 Å². The van der Waals surface area contributed by atoms with Crippen LogP contribution in [0.4, 0.5) is 13.2 Å². The van der Waals surface area contributed by atoms with Crippen LogP contribution in [-0.4, -0.2) is 48.5 Å². The fourth-order valence-electron chi connectivity index (χ4n) is 1.86. The number of carbonyl (C=O) groups excluding carboxylic acids is 1. The van der Waals surface area contributed by atoms with Crippen molar-refractivity contribution in [3.8, 4) is 0 Å². The number of amides is 1. The highest BCUT2D eigenvalue weighted by molar-refractivity contribution is 6.30. The van der Waals surface area contributed by atoms with Crippen LogP contribution in [0.3, 0.4) is 0 Å². The Morgan fingerprint density at radius 3 is 2.76 bits per heavy atom. The number of nitrogens with zero attached hydrogens (tertiary/aromatic N) is 1. The second-order valence-corrected chi connectivity index (χ2v) is 5.02. The summed E-state index contributed by atoms with van der Waals surface area (Å²) in [5, 5.41) is 2.02. The van der Waals surface area contributed by atoms with Crippen molar-refractivity contribution in [1.82, 2.24) is 10.2 Å². The lowest BCUT2D eigenvalue weighted by atomic mass is 10.1. The number of hydrogen-bond acceptors (Lipinski definition) is 2. The van der Waals surface area contributed by atoms with Crippen LogP contribution in [-0.2, 0) is 4.79 Å². The smallest absolute Gasteiger partial charge is 0.355 e. The van der Waals surface area contributed by atoms with E-state index in [9.17, 15) is 18.0 Å². The summed E-state index contributed by atoms with van der Waals surface area (Å²) in [6, 6.07) is 0. The summed E-state index contributed by atoms with van der Waals surface area (Å²) in [7, 11) is 0. The molecule has 0 spiro atoms. The molecule has 1 saturated heterocycles. The predicted octanol–water partition coefficient (Wildman–Crippen LogP) is 1.61. The van der Waals surface area contributed by atoms with Gasteiger partial charge in [0.15, 0.2) is 0 Å². The van der Waals surface area contributed by atoms with Crippen LogP contribution < -0.4 is 5.32 Å².